The highest BCUT2D eigenvalue weighted by Crippen LogP contribution is 2.18. The molecular weight excluding hydrogens is 236 g/mol. The molecule has 1 aliphatic heterocycles. The molecule has 0 aliphatic carbocycles. The molecule has 1 aliphatic rings. The van der Waals surface area contributed by atoms with Gasteiger partial charge >= 0.3 is 0 Å². The molecule has 0 aromatic rings. The molecule has 3 heteroatoms. The smallest absolute Gasteiger partial charge is 0.240 e. The van der Waals surface area contributed by atoms with Gasteiger partial charge in [-0.15, -0.1) is 0 Å². The molecule has 19 heavy (non-hydrogen) atoms. The Bertz CT molecular complexity index is 247. The van der Waals surface area contributed by atoms with Gasteiger partial charge in [0, 0.05) is 6.54 Å². The first-order valence-corrected chi connectivity index (χ1v) is 8.22. The van der Waals surface area contributed by atoms with Crippen LogP contribution in [-0.2, 0) is 4.79 Å². The second-order valence-corrected chi connectivity index (χ2v) is 6.09. The van der Waals surface area contributed by atoms with E-state index < -0.39 is 0 Å². The zero-order valence-corrected chi connectivity index (χ0v) is 12.9. The van der Waals surface area contributed by atoms with Crippen LogP contribution < -0.4 is 10.6 Å². The molecule has 1 rings (SSSR count). The van der Waals surface area contributed by atoms with Gasteiger partial charge in [-0.3, -0.25) is 4.79 Å². The van der Waals surface area contributed by atoms with Crippen molar-refractivity contribution in [3.63, 3.8) is 0 Å². The Labute approximate surface area is 118 Å². The van der Waals surface area contributed by atoms with Crippen LogP contribution in [0, 0.1) is 0 Å². The first-order chi connectivity index (χ1) is 9.19. The highest BCUT2D eigenvalue weighted by Gasteiger charge is 2.35. The van der Waals surface area contributed by atoms with E-state index in [0.717, 1.165) is 32.4 Å². The summed E-state index contributed by atoms with van der Waals surface area (Å²) in [6.45, 7) is 6.08. The van der Waals surface area contributed by atoms with Gasteiger partial charge in [0.05, 0.1) is 5.54 Å². The van der Waals surface area contributed by atoms with Crippen molar-refractivity contribution in [3.05, 3.63) is 0 Å². The predicted octanol–water partition coefficient (Wildman–Crippen LogP) is 3.39. The number of hydrogen-bond acceptors (Lipinski definition) is 2. The van der Waals surface area contributed by atoms with Crippen molar-refractivity contribution in [2.45, 2.75) is 83.6 Å². The molecule has 3 nitrogen and oxygen atoms in total. The minimum absolute atomic E-state index is 0.188. The Kier molecular flexibility index (Phi) is 8.11. The van der Waals surface area contributed by atoms with Crippen LogP contribution in [0.4, 0.5) is 0 Å². The van der Waals surface area contributed by atoms with Crippen molar-refractivity contribution in [3.8, 4) is 0 Å². The van der Waals surface area contributed by atoms with Gasteiger partial charge in [-0.05, 0) is 32.7 Å². The van der Waals surface area contributed by atoms with E-state index in [1.807, 2.05) is 6.92 Å². The molecule has 1 amide bonds. The first kappa shape index (κ1) is 16.5. The molecule has 0 aromatic carbocycles. The van der Waals surface area contributed by atoms with E-state index in [4.69, 9.17) is 0 Å². The molecule has 0 bridgehead atoms. The van der Waals surface area contributed by atoms with E-state index in [-0.39, 0.29) is 11.4 Å². The fraction of sp³-hybridized carbons (Fsp3) is 0.938. The number of amides is 1. The summed E-state index contributed by atoms with van der Waals surface area (Å²) < 4.78 is 0. The standard InChI is InChI=1S/C16H32N2O/c1-3-4-5-6-7-8-9-10-13-17-15(19)16(2)12-11-14-18-16/h18H,3-14H2,1-2H3,(H,17,19). The summed E-state index contributed by atoms with van der Waals surface area (Å²) >= 11 is 0. The van der Waals surface area contributed by atoms with E-state index in [0.29, 0.717) is 0 Å². The normalized spacial score (nSPS) is 22.6. The van der Waals surface area contributed by atoms with Crippen molar-refractivity contribution in [1.29, 1.82) is 0 Å². The number of carbonyl (C=O) groups excluding carboxylic acids is 1. The van der Waals surface area contributed by atoms with Crippen molar-refractivity contribution >= 4 is 5.91 Å². The fourth-order valence-electron chi connectivity index (χ4n) is 2.74. The monoisotopic (exact) mass is 268 g/mol. The third-order valence-electron chi connectivity index (χ3n) is 4.19. The molecule has 1 atom stereocenters. The van der Waals surface area contributed by atoms with Crippen LogP contribution in [0.1, 0.15) is 78.1 Å². The summed E-state index contributed by atoms with van der Waals surface area (Å²) in [5, 5.41) is 6.38. The van der Waals surface area contributed by atoms with Gasteiger partial charge in [0.1, 0.15) is 0 Å². The van der Waals surface area contributed by atoms with Gasteiger partial charge in [-0.2, -0.15) is 0 Å². The lowest BCUT2D eigenvalue weighted by atomic mass is 9.99. The van der Waals surface area contributed by atoms with E-state index in [1.54, 1.807) is 0 Å². The quantitative estimate of drug-likeness (QED) is 0.596. The number of nitrogens with one attached hydrogen (secondary N) is 2. The van der Waals surface area contributed by atoms with E-state index >= 15 is 0 Å². The molecule has 112 valence electrons. The number of carbonyl (C=O) groups is 1. The van der Waals surface area contributed by atoms with Gasteiger partial charge in [0.2, 0.25) is 5.91 Å². The molecule has 0 radical (unpaired) electrons. The van der Waals surface area contributed by atoms with Gasteiger partial charge < -0.3 is 10.6 Å². The van der Waals surface area contributed by atoms with Gasteiger partial charge in [0.15, 0.2) is 0 Å². The first-order valence-electron chi connectivity index (χ1n) is 8.22. The van der Waals surface area contributed by atoms with E-state index in [1.165, 1.54) is 44.9 Å². The van der Waals surface area contributed by atoms with Crippen LogP contribution in [0.5, 0.6) is 0 Å². The molecular formula is C16H32N2O. The molecule has 1 unspecified atom stereocenters. The minimum Gasteiger partial charge on any atom is -0.355 e. The van der Waals surface area contributed by atoms with Crippen molar-refractivity contribution in [1.82, 2.24) is 10.6 Å². The average Bonchev–Trinajstić information content (AvgIpc) is 2.85. The van der Waals surface area contributed by atoms with Gasteiger partial charge in [-0.1, -0.05) is 51.9 Å². The van der Waals surface area contributed by atoms with Crippen LogP contribution in [0.25, 0.3) is 0 Å². The van der Waals surface area contributed by atoms with E-state index in [2.05, 4.69) is 17.6 Å². The summed E-state index contributed by atoms with van der Waals surface area (Å²) in [6.07, 6.45) is 12.6. The maximum Gasteiger partial charge on any atom is 0.240 e. The fourth-order valence-corrected chi connectivity index (χ4v) is 2.74. The van der Waals surface area contributed by atoms with Crippen LogP contribution in [0.15, 0.2) is 0 Å². The Balaban J connectivity index is 1.92. The summed E-state index contributed by atoms with van der Waals surface area (Å²) in [5.41, 5.74) is -0.305. The second-order valence-electron chi connectivity index (χ2n) is 6.09. The number of rotatable bonds is 10. The maximum absolute atomic E-state index is 12.0. The highest BCUT2D eigenvalue weighted by molar-refractivity contribution is 5.86. The molecule has 0 aromatic heterocycles. The third kappa shape index (κ3) is 6.42. The molecule has 1 fully saturated rings. The molecule has 0 spiro atoms. The van der Waals surface area contributed by atoms with Gasteiger partial charge in [-0.25, -0.2) is 0 Å². The topological polar surface area (TPSA) is 41.1 Å². The largest absolute Gasteiger partial charge is 0.355 e. The zero-order valence-electron chi connectivity index (χ0n) is 12.9. The maximum atomic E-state index is 12.0. The molecule has 1 saturated heterocycles. The predicted molar refractivity (Wildman–Crippen MR) is 81.3 cm³/mol. The lowest BCUT2D eigenvalue weighted by Gasteiger charge is -2.22. The molecule has 1 heterocycles. The SMILES string of the molecule is CCCCCCCCCCNC(=O)C1(C)CCCN1. The minimum atomic E-state index is -0.305. The summed E-state index contributed by atoms with van der Waals surface area (Å²) in [5.74, 6) is 0.188. The molecule has 0 saturated carbocycles. The lowest BCUT2D eigenvalue weighted by Crippen LogP contribution is -2.51. The summed E-state index contributed by atoms with van der Waals surface area (Å²) in [4.78, 5) is 12.0. The van der Waals surface area contributed by atoms with Crippen molar-refractivity contribution in [2.75, 3.05) is 13.1 Å². The van der Waals surface area contributed by atoms with Crippen LogP contribution in [-0.4, -0.2) is 24.5 Å². The molecule has 2 N–H and O–H groups in total. The summed E-state index contributed by atoms with van der Waals surface area (Å²) in [7, 11) is 0. The lowest BCUT2D eigenvalue weighted by molar-refractivity contribution is -0.126. The Morgan fingerprint density at radius 2 is 1.74 bits per heavy atom. The van der Waals surface area contributed by atoms with Gasteiger partial charge in [0.25, 0.3) is 0 Å². The van der Waals surface area contributed by atoms with Crippen molar-refractivity contribution in [2.24, 2.45) is 0 Å². The number of hydrogen-bond donors (Lipinski definition) is 2. The van der Waals surface area contributed by atoms with E-state index in [9.17, 15) is 4.79 Å². The Hall–Kier alpha value is -0.570. The zero-order chi connectivity index (χ0) is 14.0. The van der Waals surface area contributed by atoms with Crippen LogP contribution in [0.2, 0.25) is 0 Å². The second kappa shape index (κ2) is 9.35. The third-order valence-corrected chi connectivity index (χ3v) is 4.19. The average molecular weight is 268 g/mol. The van der Waals surface area contributed by atoms with Crippen LogP contribution >= 0.6 is 0 Å². The Morgan fingerprint density at radius 3 is 2.32 bits per heavy atom. The Morgan fingerprint density at radius 1 is 1.11 bits per heavy atom. The summed E-state index contributed by atoms with van der Waals surface area (Å²) in [6, 6.07) is 0. The highest BCUT2D eigenvalue weighted by atomic mass is 16.2. The van der Waals surface area contributed by atoms with Crippen LogP contribution in [0.3, 0.4) is 0 Å². The number of unbranched alkanes of at least 4 members (excludes halogenated alkanes) is 7. The van der Waals surface area contributed by atoms with Crippen molar-refractivity contribution < 1.29 is 4.79 Å².